The van der Waals surface area contributed by atoms with E-state index in [0.29, 0.717) is 12.4 Å². The molecule has 0 heterocycles. The molecule has 0 aliphatic carbocycles. The molecule has 6 nitrogen and oxygen atoms in total. The Hall–Kier alpha value is -2.57. The first kappa shape index (κ1) is 19.8. The molecule has 0 aliphatic rings. The van der Waals surface area contributed by atoms with Crippen LogP contribution >= 0.6 is 0 Å². The van der Waals surface area contributed by atoms with Gasteiger partial charge in [-0.1, -0.05) is 30.3 Å². The minimum absolute atomic E-state index is 0.0930. The zero-order chi connectivity index (χ0) is 18.8. The maximum atomic E-state index is 11.8. The number of aliphatic hydroxyl groups is 1. The first-order valence-electron chi connectivity index (χ1n) is 8.42. The van der Waals surface area contributed by atoms with Crippen molar-refractivity contribution < 1.29 is 24.1 Å². The summed E-state index contributed by atoms with van der Waals surface area (Å²) in [5, 5.41) is 12.5. The van der Waals surface area contributed by atoms with E-state index in [1.165, 1.54) is 0 Å². The Morgan fingerprint density at radius 1 is 1.15 bits per heavy atom. The number of aryl methyl sites for hydroxylation is 1. The fourth-order valence-electron chi connectivity index (χ4n) is 2.24. The molecule has 1 atom stereocenters. The Balaban J connectivity index is 1.60. The minimum atomic E-state index is -0.782. The zero-order valence-corrected chi connectivity index (χ0v) is 15.1. The molecule has 2 N–H and O–H groups in total. The van der Waals surface area contributed by atoms with Crippen molar-refractivity contribution in [3.63, 3.8) is 0 Å². The fraction of sp³-hybridized carbons (Fsp3) is 0.350. The average molecular weight is 359 g/mol. The van der Waals surface area contributed by atoms with Gasteiger partial charge in [-0.05, 0) is 36.2 Å². The molecule has 0 saturated heterocycles. The molecule has 0 unspecified atom stereocenters. The van der Waals surface area contributed by atoms with E-state index in [4.69, 9.17) is 14.2 Å². The normalized spacial score (nSPS) is 11.7. The van der Waals surface area contributed by atoms with Crippen LogP contribution in [0.1, 0.15) is 11.1 Å². The Labute approximate surface area is 153 Å². The molecule has 2 aromatic rings. The first-order chi connectivity index (χ1) is 12.6. The Morgan fingerprint density at radius 2 is 1.88 bits per heavy atom. The van der Waals surface area contributed by atoms with E-state index in [2.05, 4.69) is 5.32 Å². The van der Waals surface area contributed by atoms with Crippen molar-refractivity contribution in [1.82, 2.24) is 5.32 Å². The van der Waals surface area contributed by atoms with E-state index < -0.39 is 6.10 Å². The van der Waals surface area contributed by atoms with Crippen LogP contribution in [0.2, 0.25) is 0 Å². The SMILES string of the molecule is COc1ccc(COC[C@@H](O)CNC(=O)COc2ccccc2C)cc1. The van der Waals surface area contributed by atoms with Gasteiger partial charge in [-0.15, -0.1) is 0 Å². The second-order valence-corrected chi connectivity index (χ2v) is 5.88. The highest BCUT2D eigenvalue weighted by atomic mass is 16.5. The number of carbonyl (C=O) groups excluding carboxylic acids is 1. The molecule has 0 aliphatic heterocycles. The van der Waals surface area contributed by atoms with Gasteiger partial charge in [0.1, 0.15) is 11.5 Å². The predicted molar refractivity (Wildman–Crippen MR) is 98.3 cm³/mol. The van der Waals surface area contributed by atoms with Gasteiger partial charge in [0.15, 0.2) is 6.61 Å². The highest BCUT2D eigenvalue weighted by molar-refractivity contribution is 5.77. The number of methoxy groups -OCH3 is 1. The summed E-state index contributed by atoms with van der Waals surface area (Å²) < 4.78 is 16.0. The van der Waals surface area contributed by atoms with Crippen molar-refractivity contribution in [2.75, 3.05) is 26.9 Å². The molecular weight excluding hydrogens is 334 g/mol. The molecule has 2 rings (SSSR count). The van der Waals surface area contributed by atoms with Crippen LogP contribution in [0.3, 0.4) is 0 Å². The van der Waals surface area contributed by atoms with Gasteiger partial charge in [0.25, 0.3) is 5.91 Å². The van der Waals surface area contributed by atoms with Gasteiger partial charge in [-0.2, -0.15) is 0 Å². The molecule has 0 fully saturated rings. The van der Waals surface area contributed by atoms with Crippen molar-refractivity contribution in [2.24, 2.45) is 0 Å². The molecule has 0 spiro atoms. The second-order valence-electron chi connectivity index (χ2n) is 5.88. The van der Waals surface area contributed by atoms with Crippen molar-refractivity contribution in [2.45, 2.75) is 19.6 Å². The van der Waals surface area contributed by atoms with Gasteiger partial charge in [0.05, 0.1) is 26.4 Å². The predicted octanol–water partition coefficient (Wildman–Crippen LogP) is 2.08. The lowest BCUT2D eigenvalue weighted by Gasteiger charge is -2.13. The highest BCUT2D eigenvalue weighted by Crippen LogP contribution is 2.15. The lowest BCUT2D eigenvalue weighted by Crippen LogP contribution is -2.37. The Bertz CT molecular complexity index is 687. The maximum Gasteiger partial charge on any atom is 0.258 e. The molecule has 0 bridgehead atoms. The third-order valence-corrected chi connectivity index (χ3v) is 3.73. The van der Waals surface area contributed by atoms with Crippen LogP contribution in [0, 0.1) is 6.92 Å². The number of hydrogen-bond acceptors (Lipinski definition) is 5. The van der Waals surface area contributed by atoms with E-state index in [1.807, 2.05) is 55.5 Å². The molecule has 0 saturated carbocycles. The maximum absolute atomic E-state index is 11.8. The average Bonchev–Trinajstić information content (AvgIpc) is 2.66. The van der Waals surface area contributed by atoms with Crippen molar-refractivity contribution in [3.8, 4) is 11.5 Å². The van der Waals surface area contributed by atoms with Gasteiger partial charge in [-0.25, -0.2) is 0 Å². The number of carbonyl (C=O) groups is 1. The quantitative estimate of drug-likeness (QED) is 0.679. The van der Waals surface area contributed by atoms with Crippen LogP contribution in [0.5, 0.6) is 11.5 Å². The third kappa shape index (κ3) is 6.74. The summed E-state index contributed by atoms with van der Waals surface area (Å²) in [5.41, 5.74) is 1.95. The standard InChI is InChI=1S/C20H25NO5/c1-15-5-3-4-6-19(15)26-14-20(23)21-11-17(22)13-25-12-16-7-9-18(24-2)10-8-16/h3-10,17,22H,11-14H2,1-2H3,(H,21,23)/t17-/m0/s1. The number of para-hydroxylation sites is 1. The summed E-state index contributed by atoms with van der Waals surface area (Å²) in [6.07, 6.45) is -0.782. The Morgan fingerprint density at radius 3 is 2.58 bits per heavy atom. The fourth-order valence-corrected chi connectivity index (χ4v) is 2.24. The van der Waals surface area contributed by atoms with E-state index in [0.717, 1.165) is 16.9 Å². The third-order valence-electron chi connectivity index (χ3n) is 3.73. The number of nitrogens with one attached hydrogen (secondary N) is 1. The molecule has 1 amide bonds. The summed E-state index contributed by atoms with van der Waals surface area (Å²) in [4.78, 5) is 11.8. The molecular formula is C20H25NO5. The molecule has 0 radical (unpaired) electrons. The topological polar surface area (TPSA) is 77.0 Å². The zero-order valence-electron chi connectivity index (χ0n) is 15.1. The summed E-state index contributed by atoms with van der Waals surface area (Å²) in [6.45, 7) is 2.44. The minimum Gasteiger partial charge on any atom is -0.497 e. The van der Waals surface area contributed by atoms with E-state index in [9.17, 15) is 9.90 Å². The van der Waals surface area contributed by atoms with Crippen molar-refractivity contribution in [3.05, 3.63) is 59.7 Å². The van der Waals surface area contributed by atoms with Crippen LogP contribution in [-0.4, -0.2) is 44.0 Å². The molecule has 140 valence electrons. The Kier molecular flexibility index (Phi) is 7.92. The molecule has 0 aromatic heterocycles. The van der Waals surface area contributed by atoms with E-state index in [-0.39, 0.29) is 25.7 Å². The first-order valence-corrected chi connectivity index (χ1v) is 8.42. The number of amides is 1. The van der Waals surface area contributed by atoms with Crippen LogP contribution in [-0.2, 0) is 16.1 Å². The summed E-state index contributed by atoms with van der Waals surface area (Å²) >= 11 is 0. The number of aliphatic hydroxyl groups excluding tert-OH is 1. The van der Waals surface area contributed by atoms with Gasteiger partial charge in [-0.3, -0.25) is 4.79 Å². The van der Waals surface area contributed by atoms with Crippen molar-refractivity contribution >= 4 is 5.91 Å². The van der Waals surface area contributed by atoms with Crippen LogP contribution in [0.4, 0.5) is 0 Å². The molecule has 26 heavy (non-hydrogen) atoms. The molecule has 6 heteroatoms. The lowest BCUT2D eigenvalue weighted by molar-refractivity contribution is -0.123. The summed E-state index contributed by atoms with van der Waals surface area (Å²) in [7, 11) is 1.61. The monoisotopic (exact) mass is 359 g/mol. The molecule has 2 aromatic carbocycles. The number of rotatable bonds is 10. The number of ether oxygens (including phenoxy) is 3. The van der Waals surface area contributed by atoms with E-state index in [1.54, 1.807) is 7.11 Å². The van der Waals surface area contributed by atoms with Crippen LogP contribution in [0.15, 0.2) is 48.5 Å². The highest BCUT2D eigenvalue weighted by Gasteiger charge is 2.09. The van der Waals surface area contributed by atoms with Crippen LogP contribution < -0.4 is 14.8 Å². The number of benzene rings is 2. The van der Waals surface area contributed by atoms with Gasteiger partial charge < -0.3 is 24.6 Å². The summed E-state index contributed by atoms with van der Waals surface area (Å²) in [6, 6.07) is 15.0. The van der Waals surface area contributed by atoms with E-state index >= 15 is 0 Å². The van der Waals surface area contributed by atoms with Gasteiger partial charge in [0.2, 0.25) is 0 Å². The van der Waals surface area contributed by atoms with Gasteiger partial charge in [0, 0.05) is 6.54 Å². The summed E-state index contributed by atoms with van der Waals surface area (Å²) in [5.74, 6) is 1.16. The second kappa shape index (κ2) is 10.4. The smallest absolute Gasteiger partial charge is 0.258 e. The van der Waals surface area contributed by atoms with Gasteiger partial charge >= 0.3 is 0 Å². The van der Waals surface area contributed by atoms with Crippen molar-refractivity contribution in [1.29, 1.82) is 0 Å². The lowest BCUT2D eigenvalue weighted by atomic mass is 10.2. The van der Waals surface area contributed by atoms with Crippen LogP contribution in [0.25, 0.3) is 0 Å². The number of hydrogen-bond donors (Lipinski definition) is 2. The largest absolute Gasteiger partial charge is 0.497 e.